The largest absolute Gasteiger partial charge is 0.308 e. The first-order valence-corrected chi connectivity index (χ1v) is 10.1. The highest BCUT2D eigenvalue weighted by atomic mass is 15.2. The second-order valence-corrected chi connectivity index (χ2v) is 7.74. The smallest absolute Gasteiger partial charge is 0.224 e. The van der Waals surface area contributed by atoms with Crippen molar-refractivity contribution in [2.75, 3.05) is 5.32 Å². The molecule has 1 atom stereocenters. The van der Waals surface area contributed by atoms with Gasteiger partial charge in [-0.2, -0.15) is 0 Å². The molecule has 6 heteroatoms. The van der Waals surface area contributed by atoms with Gasteiger partial charge < -0.3 is 5.32 Å². The van der Waals surface area contributed by atoms with Crippen molar-refractivity contribution in [3.8, 4) is 11.5 Å². The van der Waals surface area contributed by atoms with Crippen molar-refractivity contribution in [1.82, 2.24) is 15.0 Å². The fourth-order valence-electron chi connectivity index (χ4n) is 3.85. The number of para-hydroxylation sites is 1. The second-order valence-electron chi connectivity index (χ2n) is 7.74. The molecule has 0 spiro atoms. The van der Waals surface area contributed by atoms with E-state index in [1.54, 1.807) is 6.20 Å². The van der Waals surface area contributed by atoms with E-state index in [0.29, 0.717) is 23.5 Å². The Hall–Kier alpha value is -3.67. The summed E-state index contributed by atoms with van der Waals surface area (Å²) < 4.78 is 0. The molecule has 1 N–H and O–H groups in total. The molecule has 0 fully saturated rings. The van der Waals surface area contributed by atoms with Crippen molar-refractivity contribution >= 4 is 39.2 Å². The van der Waals surface area contributed by atoms with Crippen LogP contribution < -0.4 is 5.32 Å². The fraction of sp³-hybridized carbons (Fsp3) is 0.208. The summed E-state index contributed by atoms with van der Waals surface area (Å²) in [5, 5.41) is 6.39. The molecule has 1 aliphatic rings. The second kappa shape index (κ2) is 7.30. The van der Waals surface area contributed by atoms with Gasteiger partial charge in [-0.1, -0.05) is 50.2 Å². The fourth-order valence-corrected chi connectivity index (χ4v) is 3.85. The first-order chi connectivity index (χ1) is 14.6. The van der Waals surface area contributed by atoms with Crippen LogP contribution in [0.1, 0.15) is 20.8 Å². The molecule has 0 amide bonds. The number of anilines is 1. The van der Waals surface area contributed by atoms with Crippen LogP contribution in [0.3, 0.4) is 0 Å². The number of aromatic nitrogens is 3. The molecule has 4 aromatic rings. The molecule has 30 heavy (non-hydrogen) atoms. The molecule has 148 valence electrons. The van der Waals surface area contributed by atoms with E-state index in [0.717, 1.165) is 33.1 Å². The average Bonchev–Trinajstić information content (AvgIpc) is 3.13. The maximum Gasteiger partial charge on any atom is 0.224 e. The Bertz CT molecular complexity index is 1320. The summed E-state index contributed by atoms with van der Waals surface area (Å²) in [4.78, 5) is 23.6. The van der Waals surface area contributed by atoms with Crippen LogP contribution in [0.2, 0.25) is 0 Å². The maximum atomic E-state index is 4.84. The van der Waals surface area contributed by atoms with Crippen molar-refractivity contribution in [2.24, 2.45) is 15.9 Å². The standard InChI is InChI=1S/C24H22N6/c1-14(2)20-15(3)26-24(28-20)30-22-18-10-6-7-11-19(18)27-23(29-22)21-17-9-5-4-8-16(17)12-13-25-21/h4-15H,1-3H3,(H,26,27,29,30). The molecule has 2 aromatic carbocycles. The minimum atomic E-state index is 0.0693. The number of nitrogens with zero attached hydrogens (tertiary/aromatic N) is 5. The van der Waals surface area contributed by atoms with Crippen LogP contribution in [0.4, 0.5) is 5.82 Å². The van der Waals surface area contributed by atoms with Crippen molar-refractivity contribution in [3.63, 3.8) is 0 Å². The maximum absolute atomic E-state index is 4.84. The zero-order valence-electron chi connectivity index (χ0n) is 17.2. The number of pyridine rings is 1. The van der Waals surface area contributed by atoms with Crippen LogP contribution in [-0.4, -0.2) is 32.7 Å². The van der Waals surface area contributed by atoms with E-state index < -0.39 is 0 Å². The van der Waals surface area contributed by atoms with Gasteiger partial charge in [-0.05, 0) is 36.4 Å². The number of guanidine groups is 1. The van der Waals surface area contributed by atoms with E-state index in [9.17, 15) is 0 Å². The van der Waals surface area contributed by atoms with Gasteiger partial charge in [0.25, 0.3) is 0 Å². The van der Waals surface area contributed by atoms with Gasteiger partial charge in [0, 0.05) is 22.7 Å². The van der Waals surface area contributed by atoms with Crippen molar-refractivity contribution in [1.29, 1.82) is 0 Å². The summed E-state index contributed by atoms with van der Waals surface area (Å²) in [5.74, 6) is 2.20. The lowest BCUT2D eigenvalue weighted by Crippen LogP contribution is -2.17. The van der Waals surface area contributed by atoms with Gasteiger partial charge in [-0.15, -0.1) is 0 Å². The summed E-state index contributed by atoms with van der Waals surface area (Å²) >= 11 is 0. The van der Waals surface area contributed by atoms with Crippen LogP contribution in [0, 0.1) is 5.92 Å². The Morgan fingerprint density at radius 1 is 0.900 bits per heavy atom. The lowest BCUT2D eigenvalue weighted by atomic mass is 10.0. The van der Waals surface area contributed by atoms with E-state index in [4.69, 9.17) is 15.0 Å². The Morgan fingerprint density at radius 3 is 2.47 bits per heavy atom. The summed E-state index contributed by atoms with van der Waals surface area (Å²) in [5.41, 5.74) is 2.68. The van der Waals surface area contributed by atoms with Crippen LogP contribution in [0.5, 0.6) is 0 Å². The Kier molecular flexibility index (Phi) is 4.47. The molecule has 0 radical (unpaired) electrons. The average molecular weight is 394 g/mol. The molecular formula is C24H22N6. The Morgan fingerprint density at radius 2 is 1.67 bits per heavy atom. The minimum absolute atomic E-state index is 0.0693. The number of benzene rings is 2. The summed E-state index contributed by atoms with van der Waals surface area (Å²) in [7, 11) is 0. The molecule has 0 aliphatic carbocycles. The highest BCUT2D eigenvalue weighted by Crippen LogP contribution is 2.28. The minimum Gasteiger partial charge on any atom is -0.308 e. The Balaban J connectivity index is 1.65. The van der Waals surface area contributed by atoms with Gasteiger partial charge >= 0.3 is 0 Å². The number of hydrogen-bond acceptors (Lipinski definition) is 6. The predicted molar refractivity (Wildman–Crippen MR) is 123 cm³/mol. The van der Waals surface area contributed by atoms with Crippen molar-refractivity contribution in [3.05, 3.63) is 60.8 Å². The summed E-state index contributed by atoms with van der Waals surface area (Å²) in [6.07, 6.45) is 1.80. The third-order valence-electron chi connectivity index (χ3n) is 5.29. The molecular weight excluding hydrogens is 372 g/mol. The van der Waals surface area contributed by atoms with Crippen molar-refractivity contribution in [2.45, 2.75) is 26.8 Å². The molecule has 2 aromatic heterocycles. The zero-order chi connectivity index (χ0) is 20.7. The van der Waals surface area contributed by atoms with Gasteiger partial charge in [0.1, 0.15) is 11.5 Å². The third-order valence-corrected chi connectivity index (χ3v) is 5.29. The van der Waals surface area contributed by atoms with Gasteiger partial charge in [0.15, 0.2) is 5.82 Å². The quantitative estimate of drug-likeness (QED) is 0.524. The summed E-state index contributed by atoms with van der Waals surface area (Å²) in [6.45, 7) is 6.34. The molecule has 3 heterocycles. The van der Waals surface area contributed by atoms with E-state index in [1.807, 2.05) is 48.5 Å². The number of hydrogen-bond donors (Lipinski definition) is 1. The van der Waals surface area contributed by atoms with E-state index >= 15 is 0 Å². The molecule has 1 unspecified atom stereocenters. The molecule has 0 saturated heterocycles. The highest BCUT2D eigenvalue weighted by molar-refractivity contribution is 6.12. The molecule has 0 bridgehead atoms. The summed E-state index contributed by atoms with van der Waals surface area (Å²) in [6, 6.07) is 18.1. The zero-order valence-corrected chi connectivity index (χ0v) is 17.2. The topological polar surface area (TPSA) is 75.4 Å². The lowest BCUT2D eigenvalue weighted by Gasteiger charge is -2.10. The van der Waals surface area contributed by atoms with Gasteiger partial charge in [0.2, 0.25) is 5.96 Å². The van der Waals surface area contributed by atoms with E-state index in [2.05, 4.69) is 42.1 Å². The molecule has 1 aliphatic heterocycles. The normalized spacial score (nSPS) is 16.2. The van der Waals surface area contributed by atoms with Crippen LogP contribution in [0.15, 0.2) is 70.8 Å². The monoisotopic (exact) mass is 394 g/mol. The molecule has 6 nitrogen and oxygen atoms in total. The first-order valence-electron chi connectivity index (χ1n) is 10.1. The number of rotatable bonds is 3. The van der Waals surface area contributed by atoms with E-state index in [1.165, 1.54) is 0 Å². The predicted octanol–water partition coefficient (Wildman–Crippen LogP) is 5.11. The number of fused-ring (bicyclic) bond motifs is 2. The van der Waals surface area contributed by atoms with Crippen molar-refractivity contribution < 1.29 is 0 Å². The lowest BCUT2D eigenvalue weighted by molar-refractivity contribution is 0.826. The van der Waals surface area contributed by atoms with Crippen LogP contribution in [-0.2, 0) is 0 Å². The number of aliphatic imine (C=N–C) groups is 2. The molecule has 5 rings (SSSR count). The van der Waals surface area contributed by atoms with Crippen LogP contribution >= 0.6 is 0 Å². The van der Waals surface area contributed by atoms with Gasteiger partial charge in [-0.25, -0.2) is 20.0 Å². The van der Waals surface area contributed by atoms with Crippen LogP contribution in [0.25, 0.3) is 33.2 Å². The van der Waals surface area contributed by atoms with Gasteiger partial charge in [-0.3, -0.25) is 4.98 Å². The Labute approximate surface area is 174 Å². The number of nitrogens with one attached hydrogen (secondary N) is 1. The van der Waals surface area contributed by atoms with E-state index in [-0.39, 0.29) is 6.04 Å². The van der Waals surface area contributed by atoms with Gasteiger partial charge in [0.05, 0.1) is 11.6 Å². The third kappa shape index (κ3) is 3.20. The highest BCUT2D eigenvalue weighted by Gasteiger charge is 2.22. The first kappa shape index (κ1) is 18.4. The molecule has 0 saturated carbocycles. The SMILES string of the molecule is CC(C)C1=NC(Nc2nc(-c3nccc4ccccc34)nc3ccccc23)=NC1C.